The Morgan fingerprint density at radius 3 is 2.06 bits per heavy atom. The van der Waals surface area contributed by atoms with E-state index in [0.29, 0.717) is 5.41 Å². The summed E-state index contributed by atoms with van der Waals surface area (Å²) in [6.07, 6.45) is 13.7. The normalized spacial score (nSPS) is 35.7. The summed E-state index contributed by atoms with van der Waals surface area (Å²) in [6, 6.07) is 0. The highest BCUT2D eigenvalue weighted by atomic mass is 14.4. The van der Waals surface area contributed by atoms with Gasteiger partial charge in [-0.15, -0.1) is 0 Å². The molecular formula is C18H34. The summed E-state index contributed by atoms with van der Waals surface area (Å²) in [5.74, 6) is 4.11. The Morgan fingerprint density at radius 1 is 0.889 bits per heavy atom. The van der Waals surface area contributed by atoms with Gasteiger partial charge >= 0.3 is 0 Å². The Kier molecular flexibility index (Phi) is 4.78. The number of fused-ring (bicyclic) bond motifs is 1. The SMILES string of the molecule is C[C@@H](CC1CCCCC2CCCCC21)C(C)(C)C. The number of hydrogen-bond donors (Lipinski definition) is 0. The standard InChI is InChI=1S/C18H34/c1-14(18(2,3)4)13-16-11-6-5-9-15-10-7-8-12-17(15)16/h14-17H,5-13H2,1-4H3/t14-,15?,16?,17?/m0/s1. The van der Waals surface area contributed by atoms with Crippen LogP contribution in [0, 0.1) is 29.1 Å². The monoisotopic (exact) mass is 250 g/mol. The molecule has 0 bridgehead atoms. The van der Waals surface area contributed by atoms with Gasteiger partial charge in [0.25, 0.3) is 0 Å². The molecule has 0 amide bonds. The first kappa shape index (κ1) is 14.4. The molecule has 0 aliphatic heterocycles. The van der Waals surface area contributed by atoms with E-state index in [-0.39, 0.29) is 0 Å². The summed E-state index contributed by atoms with van der Waals surface area (Å²) in [4.78, 5) is 0. The molecule has 0 N–H and O–H groups in total. The van der Waals surface area contributed by atoms with Crippen LogP contribution in [0.25, 0.3) is 0 Å². The van der Waals surface area contributed by atoms with Gasteiger partial charge < -0.3 is 0 Å². The smallest absolute Gasteiger partial charge is 0.0357 e. The second-order valence-electron chi connectivity index (χ2n) is 8.26. The van der Waals surface area contributed by atoms with Crippen LogP contribution < -0.4 is 0 Å². The molecule has 2 aliphatic carbocycles. The van der Waals surface area contributed by atoms with Crippen molar-refractivity contribution in [1.29, 1.82) is 0 Å². The summed E-state index contributed by atoms with van der Waals surface area (Å²) in [6.45, 7) is 9.76. The zero-order valence-corrected chi connectivity index (χ0v) is 13.2. The first-order valence-corrected chi connectivity index (χ1v) is 8.48. The minimum Gasteiger partial charge on any atom is -0.0620 e. The average molecular weight is 250 g/mol. The van der Waals surface area contributed by atoms with Crippen LogP contribution in [0.5, 0.6) is 0 Å². The first-order chi connectivity index (χ1) is 8.48. The second kappa shape index (κ2) is 5.97. The molecule has 0 aromatic heterocycles. The second-order valence-corrected chi connectivity index (χ2v) is 8.26. The molecule has 0 nitrogen and oxygen atoms in total. The molecular weight excluding hydrogens is 216 g/mol. The molecule has 106 valence electrons. The Labute approximate surface area is 115 Å². The fourth-order valence-corrected chi connectivity index (χ4v) is 4.34. The molecule has 4 atom stereocenters. The van der Waals surface area contributed by atoms with Crippen LogP contribution in [-0.4, -0.2) is 0 Å². The summed E-state index contributed by atoms with van der Waals surface area (Å²) in [5, 5.41) is 0. The maximum Gasteiger partial charge on any atom is -0.0357 e. The lowest BCUT2D eigenvalue weighted by molar-refractivity contribution is 0.117. The van der Waals surface area contributed by atoms with Crippen molar-refractivity contribution in [2.24, 2.45) is 29.1 Å². The molecule has 3 unspecified atom stereocenters. The van der Waals surface area contributed by atoms with Gasteiger partial charge in [-0.3, -0.25) is 0 Å². The number of hydrogen-bond acceptors (Lipinski definition) is 0. The molecule has 18 heavy (non-hydrogen) atoms. The topological polar surface area (TPSA) is 0 Å². The Bertz CT molecular complexity index is 247. The highest BCUT2D eigenvalue weighted by molar-refractivity contribution is 4.86. The van der Waals surface area contributed by atoms with Crippen molar-refractivity contribution in [2.75, 3.05) is 0 Å². The Balaban J connectivity index is 2.00. The van der Waals surface area contributed by atoms with Gasteiger partial charge in [0.1, 0.15) is 0 Å². The van der Waals surface area contributed by atoms with Gasteiger partial charge in [-0.05, 0) is 41.9 Å². The maximum absolute atomic E-state index is 2.49. The van der Waals surface area contributed by atoms with Gasteiger partial charge in [0.05, 0.1) is 0 Å². The van der Waals surface area contributed by atoms with Crippen molar-refractivity contribution < 1.29 is 0 Å². The molecule has 0 spiro atoms. The fraction of sp³-hybridized carbons (Fsp3) is 1.00. The van der Waals surface area contributed by atoms with E-state index in [1.807, 2.05) is 0 Å². The van der Waals surface area contributed by atoms with Gasteiger partial charge in [-0.25, -0.2) is 0 Å². The van der Waals surface area contributed by atoms with Crippen molar-refractivity contribution in [2.45, 2.75) is 85.5 Å². The summed E-state index contributed by atoms with van der Waals surface area (Å²) in [5.41, 5.74) is 0.496. The highest BCUT2D eigenvalue weighted by Gasteiger charge is 2.35. The molecule has 2 saturated carbocycles. The van der Waals surface area contributed by atoms with Gasteiger partial charge in [-0.1, -0.05) is 72.6 Å². The predicted octanol–water partition coefficient (Wildman–Crippen LogP) is 6.06. The summed E-state index contributed by atoms with van der Waals surface area (Å²) >= 11 is 0. The van der Waals surface area contributed by atoms with Crippen LogP contribution in [0.4, 0.5) is 0 Å². The van der Waals surface area contributed by atoms with E-state index in [1.165, 1.54) is 38.5 Å². The zero-order valence-electron chi connectivity index (χ0n) is 13.2. The predicted molar refractivity (Wildman–Crippen MR) is 80.6 cm³/mol. The quantitative estimate of drug-likeness (QED) is 0.559. The van der Waals surface area contributed by atoms with E-state index in [1.54, 1.807) is 19.3 Å². The van der Waals surface area contributed by atoms with E-state index in [2.05, 4.69) is 27.7 Å². The maximum atomic E-state index is 2.49. The molecule has 0 aromatic rings. The van der Waals surface area contributed by atoms with Crippen molar-refractivity contribution in [3.05, 3.63) is 0 Å². The molecule has 2 fully saturated rings. The lowest BCUT2D eigenvalue weighted by Gasteiger charge is -2.39. The van der Waals surface area contributed by atoms with E-state index in [4.69, 9.17) is 0 Å². The third-order valence-electron chi connectivity index (χ3n) is 6.11. The molecule has 0 heteroatoms. The van der Waals surface area contributed by atoms with Crippen LogP contribution in [0.2, 0.25) is 0 Å². The third-order valence-corrected chi connectivity index (χ3v) is 6.11. The van der Waals surface area contributed by atoms with E-state index in [9.17, 15) is 0 Å². The van der Waals surface area contributed by atoms with E-state index in [0.717, 1.165) is 23.7 Å². The van der Waals surface area contributed by atoms with Crippen LogP contribution >= 0.6 is 0 Å². The van der Waals surface area contributed by atoms with Crippen LogP contribution in [0.15, 0.2) is 0 Å². The molecule has 2 rings (SSSR count). The van der Waals surface area contributed by atoms with Crippen LogP contribution in [0.1, 0.15) is 85.5 Å². The van der Waals surface area contributed by atoms with Crippen molar-refractivity contribution >= 4 is 0 Å². The van der Waals surface area contributed by atoms with Gasteiger partial charge in [-0.2, -0.15) is 0 Å². The van der Waals surface area contributed by atoms with E-state index < -0.39 is 0 Å². The summed E-state index contributed by atoms with van der Waals surface area (Å²) in [7, 11) is 0. The zero-order chi connectivity index (χ0) is 13.2. The van der Waals surface area contributed by atoms with Crippen molar-refractivity contribution in [3.63, 3.8) is 0 Å². The largest absolute Gasteiger partial charge is 0.0620 e. The van der Waals surface area contributed by atoms with Crippen molar-refractivity contribution in [1.82, 2.24) is 0 Å². The van der Waals surface area contributed by atoms with Gasteiger partial charge in [0, 0.05) is 0 Å². The molecule has 0 radical (unpaired) electrons. The average Bonchev–Trinajstić information content (AvgIpc) is 2.51. The van der Waals surface area contributed by atoms with Gasteiger partial charge in [0.2, 0.25) is 0 Å². The van der Waals surface area contributed by atoms with Crippen molar-refractivity contribution in [3.8, 4) is 0 Å². The molecule has 0 saturated heterocycles. The lowest BCUT2D eigenvalue weighted by atomic mass is 9.67. The number of rotatable bonds is 2. The third kappa shape index (κ3) is 3.52. The molecule has 2 aliphatic rings. The Hall–Kier alpha value is 0. The first-order valence-electron chi connectivity index (χ1n) is 8.48. The molecule has 0 aromatic carbocycles. The van der Waals surface area contributed by atoms with Crippen LogP contribution in [-0.2, 0) is 0 Å². The Morgan fingerprint density at radius 2 is 1.44 bits per heavy atom. The van der Waals surface area contributed by atoms with Crippen LogP contribution in [0.3, 0.4) is 0 Å². The summed E-state index contributed by atoms with van der Waals surface area (Å²) < 4.78 is 0. The molecule has 0 heterocycles. The minimum atomic E-state index is 0.496. The fourth-order valence-electron chi connectivity index (χ4n) is 4.34. The van der Waals surface area contributed by atoms with Gasteiger partial charge in [0.15, 0.2) is 0 Å². The lowest BCUT2D eigenvalue weighted by Crippen LogP contribution is -2.29. The minimum absolute atomic E-state index is 0.496. The highest BCUT2D eigenvalue weighted by Crippen LogP contribution is 2.46. The van der Waals surface area contributed by atoms with E-state index >= 15 is 0 Å².